The predicted octanol–water partition coefficient (Wildman–Crippen LogP) is 3.71. The second kappa shape index (κ2) is 5.15. The largest absolute Gasteiger partial charge is 0.392 e. The molecule has 2 heteroatoms. The van der Waals surface area contributed by atoms with Crippen LogP contribution in [0.1, 0.15) is 37.7 Å². The number of nitrogens with zero attached hydrogens (tertiary/aromatic N) is 1. The number of aliphatic hydroxyl groups is 1. The Labute approximate surface area is 108 Å². The quantitative estimate of drug-likeness (QED) is 0.870. The topological polar surface area (TPSA) is 25.2 Å². The van der Waals surface area contributed by atoms with E-state index >= 15 is 0 Å². The van der Waals surface area contributed by atoms with Gasteiger partial charge in [0.05, 0.1) is 12.1 Å². The molecule has 1 N–H and O–H groups in total. The molecule has 1 aromatic heterocycles. The second-order valence-corrected chi connectivity index (χ2v) is 5.46. The highest BCUT2D eigenvalue weighted by atomic mass is 16.3. The normalized spacial score (nSPS) is 16.7. The molecule has 2 aromatic rings. The van der Waals surface area contributed by atoms with Gasteiger partial charge in [-0.15, -0.1) is 0 Å². The van der Waals surface area contributed by atoms with E-state index in [1.54, 1.807) is 0 Å². The van der Waals surface area contributed by atoms with Crippen LogP contribution in [0.5, 0.6) is 0 Å². The summed E-state index contributed by atoms with van der Waals surface area (Å²) in [4.78, 5) is 0. The Morgan fingerprint density at radius 3 is 2.78 bits per heavy atom. The lowest BCUT2D eigenvalue weighted by Gasteiger charge is -2.12. The van der Waals surface area contributed by atoms with Crippen LogP contribution in [0.2, 0.25) is 0 Å². The Morgan fingerprint density at radius 2 is 2.00 bits per heavy atom. The summed E-state index contributed by atoms with van der Waals surface area (Å²) in [7, 11) is 0. The number of aryl methyl sites for hydroxylation is 1. The lowest BCUT2D eigenvalue weighted by atomic mass is 10.0. The number of aromatic nitrogens is 1. The van der Waals surface area contributed by atoms with Gasteiger partial charge in [0, 0.05) is 18.3 Å². The van der Waals surface area contributed by atoms with Gasteiger partial charge in [-0.2, -0.15) is 0 Å². The zero-order chi connectivity index (χ0) is 12.4. The van der Waals surface area contributed by atoms with Crippen LogP contribution in [-0.4, -0.2) is 9.67 Å². The molecular formula is C16H21NO. The zero-order valence-electron chi connectivity index (χ0n) is 10.8. The maximum Gasteiger partial charge on any atom is 0.0702 e. The van der Waals surface area contributed by atoms with Crippen molar-refractivity contribution in [3.05, 3.63) is 36.0 Å². The number of hydrogen-bond donors (Lipinski definition) is 1. The van der Waals surface area contributed by atoms with Gasteiger partial charge in [0.2, 0.25) is 0 Å². The van der Waals surface area contributed by atoms with Crippen LogP contribution in [-0.2, 0) is 13.2 Å². The molecule has 1 aliphatic rings. The van der Waals surface area contributed by atoms with E-state index < -0.39 is 0 Å². The van der Waals surface area contributed by atoms with Crippen molar-refractivity contribution in [3.63, 3.8) is 0 Å². The Kier molecular flexibility index (Phi) is 3.37. The zero-order valence-corrected chi connectivity index (χ0v) is 10.8. The van der Waals surface area contributed by atoms with Crippen molar-refractivity contribution in [1.82, 2.24) is 4.57 Å². The summed E-state index contributed by atoms with van der Waals surface area (Å²) in [6.45, 7) is 1.22. The van der Waals surface area contributed by atoms with Crippen molar-refractivity contribution >= 4 is 10.9 Å². The Morgan fingerprint density at radius 1 is 1.17 bits per heavy atom. The first-order chi connectivity index (χ1) is 8.88. The first-order valence-electron chi connectivity index (χ1n) is 7.06. The molecule has 1 aliphatic carbocycles. The first kappa shape index (κ1) is 11.8. The van der Waals surface area contributed by atoms with Crippen molar-refractivity contribution in [2.45, 2.75) is 45.3 Å². The minimum Gasteiger partial charge on any atom is -0.392 e. The molecule has 0 unspecified atom stereocenters. The van der Waals surface area contributed by atoms with Crippen LogP contribution >= 0.6 is 0 Å². The third kappa shape index (κ3) is 2.17. The van der Waals surface area contributed by atoms with Crippen molar-refractivity contribution in [1.29, 1.82) is 0 Å². The maximum atomic E-state index is 9.44. The average molecular weight is 243 g/mol. The highest BCUT2D eigenvalue weighted by Crippen LogP contribution is 2.29. The monoisotopic (exact) mass is 243 g/mol. The van der Waals surface area contributed by atoms with E-state index in [0.717, 1.165) is 18.0 Å². The minimum atomic E-state index is 0.130. The number of rotatable bonds is 4. The van der Waals surface area contributed by atoms with E-state index in [1.807, 2.05) is 12.1 Å². The average Bonchev–Trinajstić information content (AvgIpc) is 3.05. The van der Waals surface area contributed by atoms with E-state index in [1.165, 1.54) is 43.0 Å². The summed E-state index contributed by atoms with van der Waals surface area (Å²) >= 11 is 0. The van der Waals surface area contributed by atoms with Gasteiger partial charge in [-0.3, -0.25) is 0 Å². The molecule has 2 nitrogen and oxygen atoms in total. The molecule has 0 saturated heterocycles. The third-order valence-electron chi connectivity index (χ3n) is 4.30. The van der Waals surface area contributed by atoms with Crippen LogP contribution in [0.25, 0.3) is 10.9 Å². The highest BCUT2D eigenvalue weighted by Gasteiger charge is 2.15. The molecule has 1 saturated carbocycles. The fourth-order valence-corrected chi connectivity index (χ4v) is 3.28. The van der Waals surface area contributed by atoms with Crippen LogP contribution in [0, 0.1) is 5.92 Å². The molecular weight excluding hydrogens is 222 g/mol. The van der Waals surface area contributed by atoms with Gasteiger partial charge in [-0.1, -0.05) is 43.9 Å². The SMILES string of the molecule is OCc1cccc2ccn(CCC3CCCC3)c12. The number of aliphatic hydroxyl groups excluding tert-OH is 1. The van der Waals surface area contributed by atoms with Gasteiger partial charge in [-0.25, -0.2) is 0 Å². The molecule has 18 heavy (non-hydrogen) atoms. The van der Waals surface area contributed by atoms with Crippen molar-refractivity contribution < 1.29 is 5.11 Å². The molecule has 1 fully saturated rings. The van der Waals surface area contributed by atoms with Gasteiger partial charge in [-0.05, 0) is 23.8 Å². The van der Waals surface area contributed by atoms with Gasteiger partial charge < -0.3 is 9.67 Å². The number of benzene rings is 1. The van der Waals surface area contributed by atoms with Gasteiger partial charge in [0.25, 0.3) is 0 Å². The Bertz CT molecular complexity index is 523. The molecule has 0 aliphatic heterocycles. The Balaban J connectivity index is 1.82. The summed E-state index contributed by atoms with van der Waals surface area (Å²) in [5, 5.41) is 10.7. The first-order valence-corrected chi connectivity index (χ1v) is 7.06. The summed E-state index contributed by atoms with van der Waals surface area (Å²) in [5.74, 6) is 0.920. The molecule has 0 spiro atoms. The second-order valence-electron chi connectivity index (χ2n) is 5.46. The van der Waals surface area contributed by atoms with Crippen LogP contribution in [0.4, 0.5) is 0 Å². The van der Waals surface area contributed by atoms with Crippen molar-refractivity contribution in [2.75, 3.05) is 0 Å². The summed E-state index contributed by atoms with van der Waals surface area (Å²) < 4.78 is 2.32. The van der Waals surface area contributed by atoms with Crippen molar-refractivity contribution in [3.8, 4) is 0 Å². The van der Waals surface area contributed by atoms with E-state index in [0.29, 0.717) is 0 Å². The van der Waals surface area contributed by atoms with E-state index in [-0.39, 0.29) is 6.61 Å². The van der Waals surface area contributed by atoms with Crippen LogP contribution in [0.3, 0.4) is 0 Å². The van der Waals surface area contributed by atoms with Crippen LogP contribution in [0.15, 0.2) is 30.5 Å². The van der Waals surface area contributed by atoms with E-state index in [2.05, 4.69) is 22.9 Å². The lowest BCUT2D eigenvalue weighted by Crippen LogP contribution is -2.03. The van der Waals surface area contributed by atoms with Crippen molar-refractivity contribution in [2.24, 2.45) is 5.92 Å². The van der Waals surface area contributed by atoms with E-state index in [9.17, 15) is 5.11 Å². The fraction of sp³-hybridized carbons (Fsp3) is 0.500. The summed E-state index contributed by atoms with van der Waals surface area (Å²) in [6, 6.07) is 8.33. The summed E-state index contributed by atoms with van der Waals surface area (Å²) in [6.07, 6.45) is 9.10. The highest BCUT2D eigenvalue weighted by molar-refractivity contribution is 5.83. The number of hydrogen-bond acceptors (Lipinski definition) is 1. The molecule has 0 radical (unpaired) electrons. The van der Waals surface area contributed by atoms with Gasteiger partial charge in [0.15, 0.2) is 0 Å². The standard InChI is InChI=1S/C16H21NO/c18-12-15-7-3-6-14-9-11-17(16(14)15)10-8-13-4-1-2-5-13/h3,6-7,9,11,13,18H,1-2,4-5,8,10,12H2. The molecule has 1 aromatic carbocycles. The minimum absolute atomic E-state index is 0.130. The lowest BCUT2D eigenvalue weighted by molar-refractivity contribution is 0.282. The van der Waals surface area contributed by atoms with Gasteiger partial charge in [0.1, 0.15) is 0 Å². The maximum absolute atomic E-state index is 9.44. The molecule has 3 rings (SSSR count). The van der Waals surface area contributed by atoms with Crippen LogP contribution < -0.4 is 0 Å². The fourth-order valence-electron chi connectivity index (χ4n) is 3.28. The molecule has 1 heterocycles. The number of para-hydroxylation sites is 1. The predicted molar refractivity (Wildman–Crippen MR) is 74.4 cm³/mol. The Hall–Kier alpha value is -1.28. The smallest absolute Gasteiger partial charge is 0.0702 e. The molecule has 0 amide bonds. The molecule has 96 valence electrons. The molecule has 0 atom stereocenters. The summed E-state index contributed by atoms with van der Waals surface area (Å²) in [5.41, 5.74) is 2.27. The molecule has 0 bridgehead atoms. The number of fused-ring (bicyclic) bond motifs is 1. The third-order valence-corrected chi connectivity index (χ3v) is 4.30. The van der Waals surface area contributed by atoms with Gasteiger partial charge >= 0.3 is 0 Å². The van der Waals surface area contributed by atoms with E-state index in [4.69, 9.17) is 0 Å².